The summed E-state index contributed by atoms with van der Waals surface area (Å²) >= 11 is 0. The zero-order valence-electron chi connectivity index (χ0n) is 14.4. The Kier molecular flexibility index (Phi) is 5.07. The SMILES string of the molecule is CC(=O)NCC1CN(c2ccc(-c3ccc(C(=O)O)cc3)c(F)c2)C(=O)O1. The summed E-state index contributed by atoms with van der Waals surface area (Å²) in [5.41, 5.74) is 1.27. The van der Waals surface area contributed by atoms with Crippen LogP contribution in [-0.2, 0) is 9.53 Å². The molecule has 1 atom stereocenters. The van der Waals surface area contributed by atoms with Crippen LogP contribution in [0.5, 0.6) is 0 Å². The van der Waals surface area contributed by atoms with Crippen molar-refractivity contribution in [2.24, 2.45) is 0 Å². The fourth-order valence-corrected chi connectivity index (χ4v) is 2.79. The van der Waals surface area contributed by atoms with Gasteiger partial charge in [0, 0.05) is 12.5 Å². The minimum absolute atomic E-state index is 0.112. The monoisotopic (exact) mass is 372 g/mol. The Morgan fingerprint density at radius 3 is 2.56 bits per heavy atom. The summed E-state index contributed by atoms with van der Waals surface area (Å²) in [5, 5.41) is 11.5. The molecule has 7 nitrogen and oxygen atoms in total. The first-order valence-electron chi connectivity index (χ1n) is 8.21. The van der Waals surface area contributed by atoms with Crippen molar-refractivity contribution in [3.05, 3.63) is 53.8 Å². The van der Waals surface area contributed by atoms with E-state index in [2.05, 4.69) is 5.32 Å². The number of ether oxygens (including phenoxy) is 1. The van der Waals surface area contributed by atoms with Crippen molar-refractivity contribution in [3.8, 4) is 11.1 Å². The second-order valence-electron chi connectivity index (χ2n) is 6.10. The van der Waals surface area contributed by atoms with Gasteiger partial charge in [-0.05, 0) is 35.9 Å². The average Bonchev–Trinajstić information content (AvgIpc) is 3.01. The molecule has 2 N–H and O–H groups in total. The Bertz CT molecular complexity index is 897. The summed E-state index contributed by atoms with van der Waals surface area (Å²) < 4.78 is 19.7. The number of carbonyl (C=O) groups excluding carboxylic acids is 2. The lowest BCUT2D eigenvalue weighted by Gasteiger charge is -2.14. The Labute approximate surface area is 154 Å². The molecule has 1 unspecified atom stereocenters. The van der Waals surface area contributed by atoms with Crippen molar-refractivity contribution >= 4 is 23.7 Å². The van der Waals surface area contributed by atoms with Crippen molar-refractivity contribution in [1.29, 1.82) is 0 Å². The maximum atomic E-state index is 14.6. The van der Waals surface area contributed by atoms with Crippen LogP contribution in [0.25, 0.3) is 11.1 Å². The number of carboxylic acids is 1. The zero-order valence-corrected chi connectivity index (χ0v) is 14.4. The molecule has 3 rings (SSSR count). The Morgan fingerprint density at radius 1 is 1.26 bits per heavy atom. The number of cyclic esters (lactones) is 1. The molecule has 1 aliphatic heterocycles. The number of nitrogens with one attached hydrogen (secondary N) is 1. The van der Waals surface area contributed by atoms with Crippen LogP contribution in [0.4, 0.5) is 14.9 Å². The third kappa shape index (κ3) is 4.05. The molecule has 140 valence electrons. The molecule has 1 aliphatic rings. The van der Waals surface area contributed by atoms with Crippen molar-refractivity contribution in [1.82, 2.24) is 5.32 Å². The van der Waals surface area contributed by atoms with Gasteiger partial charge in [0.25, 0.3) is 0 Å². The van der Waals surface area contributed by atoms with E-state index in [1.54, 1.807) is 6.07 Å². The molecular formula is C19H17FN2O5. The van der Waals surface area contributed by atoms with Crippen LogP contribution < -0.4 is 10.2 Å². The lowest BCUT2D eigenvalue weighted by molar-refractivity contribution is -0.119. The second kappa shape index (κ2) is 7.45. The van der Waals surface area contributed by atoms with Crippen LogP contribution in [0.15, 0.2) is 42.5 Å². The van der Waals surface area contributed by atoms with Crippen molar-refractivity contribution < 1.29 is 28.6 Å². The lowest BCUT2D eigenvalue weighted by Crippen LogP contribution is -2.33. The fourth-order valence-electron chi connectivity index (χ4n) is 2.79. The van der Waals surface area contributed by atoms with E-state index in [0.29, 0.717) is 11.3 Å². The molecular weight excluding hydrogens is 355 g/mol. The van der Waals surface area contributed by atoms with E-state index in [-0.39, 0.29) is 30.1 Å². The van der Waals surface area contributed by atoms with Gasteiger partial charge in [-0.15, -0.1) is 0 Å². The van der Waals surface area contributed by atoms with Crippen molar-refractivity contribution in [3.63, 3.8) is 0 Å². The van der Waals surface area contributed by atoms with Crippen LogP contribution in [0, 0.1) is 5.82 Å². The molecule has 0 aromatic heterocycles. The van der Waals surface area contributed by atoms with Gasteiger partial charge in [-0.25, -0.2) is 14.0 Å². The van der Waals surface area contributed by atoms with Gasteiger partial charge in [0.1, 0.15) is 11.9 Å². The zero-order chi connectivity index (χ0) is 19.6. The number of benzene rings is 2. The summed E-state index contributed by atoms with van der Waals surface area (Å²) in [4.78, 5) is 35.2. The van der Waals surface area contributed by atoms with E-state index in [1.165, 1.54) is 48.2 Å². The maximum absolute atomic E-state index is 14.6. The number of aromatic carboxylic acids is 1. The Balaban J connectivity index is 1.77. The van der Waals surface area contributed by atoms with Crippen LogP contribution in [0.2, 0.25) is 0 Å². The predicted molar refractivity (Wildman–Crippen MR) is 95.1 cm³/mol. The van der Waals surface area contributed by atoms with E-state index in [9.17, 15) is 18.8 Å². The second-order valence-corrected chi connectivity index (χ2v) is 6.10. The number of carbonyl (C=O) groups is 3. The number of anilines is 1. The first-order chi connectivity index (χ1) is 12.8. The van der Waals surface area contributed by atoms with Gasteiger partial charge in [0.05, 0.1) is 24.3 Å². The van der Waals surface area contributed by atoms with E-state index in [0.717, 1.165) is 0 Å². The molecule has 0 saturated carbocycles. The van der Waals surface area contributed by atoms with E-state index in [4.69, 9.17) is 9.84 Å². The van der Waals surface area contributed by atoms with Crippen LogP contribution in [0.3, 0.4) is 0 Å². The number of halogens is 1. The molecule has 2 aromatic carbocycles. The number of hydrogen-bond donors (Lipinski definition) is 2. The number of nitrogens with zero attached hydrogens (tertiary/aromatic N) is 1. The number of amides is 2. The molecule has 0 radical (unpaired) electrons. The molecule has 0 bridgehead atoms. The molecule has 1 heterocycles. The summed E-state index contributed by atoms with van der Waals surface area (Å²) in [6.45, 7) is 1.75. The molecule has 0 spiro atoms. The fraction of sp³-hybridized carbons (Fsp3) is 0.211. The van der Waals surface area contributed by atoms with Crippen LogP contribution in [-0.4, -0.2) is 42.3 Å². The topological polar surface area (TPSA) is 95.9 Å². The highest BCUT2D eigenvalue weighted by Crippen LogP contribution is 2.29. The highest BCUT2D eigenvalue weighted by atomic mass is 19.1. The van der Waals surface area contributed by atoms with Crippen molar-refractivity contribution in [2.75, 3.05) is 18.0 Å². The third-order valence-corrected chi connectivity index (χ3v) is 4.16. The minimum Gasteiger partial charge on any atom is -0.478 e. The van der Waals surface area contributed by atoms with E-state index >= 15 is 0 Å². The Morgan fingerprint density at radius 2 is 1.96 bits per heavy atom. The van der Waals surface area contributed by atoms with Crippen LogP contribution >= 0.6 is 0 Å². The predicted octanol–water partition coefficient (Wildman–Crippen LogP) is 2.65. The average molecular weight is 372 g/mol. The molecule has 8 heteroatoms. The quantitative estimate of drug-likeness (QED) is 0.841. The largest absolute Gasteiger partial charge is 0.478 e. The number of rotatable bonds is 5. The van der Waals surface area contributed by atoms with Crippen molar-refractivity contribution in [2.45, 2.75) is 13.0 Å². The summed E-state index contributed by atoms with van der Waals surface area (Å²) in [6, 6.07) is 10.2. The van der Waals surface area contributed by atoms with Gasteiger partial charge in [0.2, 0.25) is 5.91 Å². The third-order valence-electron chi connectivity index (χ3n) is 4.16. The summed E-state index contributed by atoms with van der Waals surface area (Å²) in [7, 11) is 0. The van der Waals surface area contributed by atoms with Gasteiger partial charge in [-0.1, -0.05) is 12.1 Å². The van der Waals surface area contributed by atoms with Gasteiger partial charge < -0.3 is 15.2 Å². The first kappa shape index (κ1) is 18.4. The highest BCUT2D eigenvalue weighted by Gasteiger charge is 2.32. The summed E-state index contributed by atoms with van der Waals surface area (Å²) in [6.07, 6.45) is -1.11. The number of hydrogen-bond acceptors (Lipinski definition) is 4. The van der Waals surface area contributed by atoms with Gasteiger partial charge in [-0.3, -0.25) is 9.69 Å². The van der Waals surface area contributed by atoms with Gasteiger partial charge >= 0.3 is 12.1 Å². The van der Waals surface area contributed by atoms with Gasteiger partial charge in [-0.2, -0.15) is 0 Å². The van der Waals surface area contributed by atoms with Gasteiger partial charge in [0.15, 0.2) is 0 Å². The van der Waals surface area contributed by atoms with Crippen LogP contribution in [0.1, 0.15) is 17.3 Å². The standard InChI is InChI=1S/C19H17FN2O5/c1-11(23)21-9-15-10-22(19(26)27-15)14-6-7-16(17(20)8-14)12-2-4-13(5-3-12)18(24)25/h2-8,15H,9-10H2,1H3,(H,21,23)(H,24,25). The smallest absolute Gasteiger partial charge is 0.414 e. The minimum atomic E-state index is -1.06. The molecule has 2 amide bonds. The molecule has 1 fully saturated rings. The molecule has 27 heavy (non-hydrogen) atoms. The maximum Gasteiger partial charge on any atom is 0.414 e. The van der Waals surface area contributed by atoms with E-state index in [1.807, 2.05) is 0 Å². The summed E-state index contributed by atoms with van der Waals surface area (Å²) in [5.74, 6) is -1.83. The molecule has 1 saturated heterocycles. The molecule has 0 aliphatic carbocycles. The lowest BCUT2D eigenvalue weighted by atomic mass is 10.0. The van der Waals surface area contributed by atoms with E-state index < -0.39 is 24.0 Å². The number of carboxylic acid groups (broad SMARTS) is 1. The Hall–Kier alpha value is -3.42. The normalized spacial score (nSPS) is 16.1. The highest BCUT2D eigenvalue weighted by molar-refractivity contribution is 5.90. The first-order valence-corrected chi connectivity index (χ1v) is 8.21. The molecule has 2 aromatic rings.